The second-order valence-electron chi connectivity index (χ2n) is 5.78. The van der Waals surface area contributed by atoms with Gasteiger partial charge in [0.1, 0.15) is 0 Å². The fraction of sp³-hybridized carbons (Fsp3) is 0.158. The summed E-state index contributed by atoms with van der Waals surface area (Å²) in [6.07, 6.45) is 11.4. The van der Waals surface area contributed by atoms with Crippen LogP contribution >= 0.6 is 25.2 Å². The van der Waals surface area contributed by atoms with E-state index >= 15 is 0 Å². The van der Waals surface area contributed by atoms with Gasteiger partial charge in [-0.3, -0.25) is 6.08 Å². The summed E-state index contributed by atoms with van der Waals surface area (Å²) in [5.74, 6) is 4.30. The number of hydrogen-bond donors (Lipinski definition) is 0. The summed E-state index contributed by atoms with van der Waals surface area (Å²) in [5, 5.41) is 2.63. The van der Waals surface area contributed by atoms with Crippen LogP contribution in [-0.4, -0.2) is 4.57 Å². The molecule has 0 saturated carbocycles. The summed E-state index contributed by atoms with van der Waals surface area (Å²) in [5.41, 5.74) is 1.47. The first-order valence-electron chi connectivity index (χ1n) is 7.44. The Morgan fingerprint density at radius 3 is 2.50 bits per heavy atom. The summed E-state index contributed by atoms with van der Waals surface area (Å²) in [7, 11) is 11.1. The molecule has 0 fully saturated rings. The van der Waals surface area contributed by atoms with Crippen molar-refractivity contribution in [2.45, 2.75) is 13.8 Å². The minimum absolute atomic E-state index is 0.208. The van der Waals surface area contributed by atoms with E-state index in [1.54, 1.807) is 0 Å². The maximum atomic E-state index is 4.93. The van der Waals surface area contributed by atoms with E-state index < -0.39 is 20.8 Å². The van der Waals surface area contributed by atoms with Crippen LogP contribution in [0, 0.1) is 11.5 Å². The molecule has 0 bridgehead atoms. The zero-order valence-electron chi connectivity index (χ0n) is 13.6. The minimum Gasteiger partial charge on any atom is -0.338 e. The van der Waals surface area contributed by atoms with Gasteiger partial charge in [-0.15, -0.1) is 41.1 Å². The van der Waals surface area contributed by atoms with Crippen molar-refractivity contribution in [2.24, 2.45) is 5.41 Å². The second kappa shape index (κ2) is 9.83. The van der Waals surface area contributed by atoms with E-state index in [9.17, 15) is 0 Å². The first-order chi connectivity index (χ1) is 11.6. The Kier molecular flexibility index (Phi) is 8.11. The van der Waals surface area contributed by atoms with Crippen molar-refractivity contribution in [2.75, 3.05) is 0 Å². The average molecular weight is 453 g/mol. The molecule has 2 aromatic carbocycles. The third kappa shape index (κ3) is 6.09. The van der Waals surface area contributed by atoms with Crippen LogP contribution in [0.3, 0.4) is 0 Å². The van der Waals surface area contributed by atoms with Crippen LogP contribution in [0.15, 0.2) is 72.5 Å². The molecule has 1 nitrogen and oxygen atoms in total. The Bertz CT molecular complexity index is 757. The molecule has 24 heavy (non-hydrogen) atoms. The fourth-order valence-electron chi connectivity index (χ4n) is 2.29. The topological polar surface area (TPSA) is 4.93 Å². The van der Waals surface area contributed by atoms with Gasteiger partial charge in [0.05, 0.1) is 0 Å². The van der Waals surface area contributed by atoms with Gasteiger partial charge in [-0.2, -0.15) is 6.08 Å². The van der Waals surface area contributed by atoms with E-state index in [2.05, 4.69) is 84.9 Å². The van der Waals surface area contributed by atoms with Gasteiger partial charge >= 0.3 is 37.9 Å². The molecule has 0 aliphatic heterocycles. The summed E-state index contributed by atoms with van der Waals surface area (Å²) in [6.45, 7) is 4.26. The van der Waals surface area contributed by atoms with E-state index in [1.165, 1.54) is 24.7 Å². The van der Waals surface area contributed by atoms with Gasteiger partial charge in [0, 0.05) is 12.1 Å². The molecule has 0 unspecified atom stereocenters. The van der Waals surface area contributed by atoms with E-state index in [-0.39, 0.29) is 5.41 Å². The molecule has 0 N–H and O–H groups in total. The molecule has 0 radical (unpaired) electrons. The van der Waals surface area contributed by atoms with Crippen molar-refractivity contribution in [3.8, 4) is 5.69 Å². The number of nitrogens with zero attached hydrogens (tertiary/aromatic N) is 1. The summed E-state index contributed by atoms with van der Waals surface area (Å²) in [4.78, 5) is 0. The van der Waals surface area contributed by atoms with Crippen molar-refractivity contribution in [3.63, 3.8) is 0 Å². The summed E-state index contributed by atoms with van der Waals surface area (Å²) in [6, 6.07) is 12.9. The Morgan fingerprint density at radius 2 is 2.00 bits per heavy atom. The maximum absolute atomic E-state index is 4.93. The second-order valence-corrected chi connectivity index (χ2v) is 10.3. The van der Waals surface area contributed by atoms with E-state index in [0.717, 1.165) is 0 Å². The molecule has 0 atom stereocenters. The number of allylic oxidation sites excluding steroid dienone is 4. The maximum Gasteiger partial charge on any atom is 0.0344 e. The standard InChI is InChI=1S/C12H9NP.C7H9.2ClH.Zr/c1-2-4-11-8-12(7-10(11)3-1)13-5-6-14-9-13;1-7(2)5-3-4-6-7;;;/h1-9H;3-5H,1-2H3;2*1H;/q2*-1;;;+4/p-2. The Balaban J connectivity index is 0.000000176. The number of benzene rings is 1. The predicted molar refractivity (Wildman–Crippen MR) is 104 cm³/mol. The molecule has 4 rings (SSSR count). The van der Waals surface area contributed by atoms with Crippen molar-refractivity contribution in [3.05, 3.63) is 78.6 Å². The van der Waals surface area contributed by atoms with Crippen LogP contribution < -0.4 is 0 Å². The number of fused-ring (bicyclic) bond motifs is 1. The summed E-state index contributed by atoms with van der Waals surface area (Å²) >= 11 is -0.826. The normalized spacial score (nSPS) is 14.0. The minimum atomic E-state index is -0.826. The summed E-state index contributed by atoms with van der Waals surface area (Å²) < 4.78 is 2.17. The van der Waals surface area contributed by atoms with E-state index in [4.69, 9.17) is 17.0 Å². The number of rotatable bonds is 1. The molecule has 0 amide bonds. The monoisotopic (exact) mass is 451 g/mol. The zero-order chi connectivity index (χ0) is 17.4. The van der Waals surface area contributed by atoms with Crippen LogP contribution in [0.25, 0.3) is 16.5 Å². The van der Waals surface area contributed by atoms with Crippen LogP contribution in [0.1, 0.15) is 13.8 Å². The SMILES string of the molecule is CC1(C)[C-]=CC=C1.[Cl][Zr+2][Cl].c1ccc2[cH-]c(-n3ccpc3)cc2c1. The molecule has 122 valence electrons. The molecule has 5 heteroatoms. The molecule has 1 aromatic heterocycles. The van der Waals surface area contributed by atoms with Gasteiger partial charge in [0.25, 0.3) is 0 Å². The Labute approximate surface area is 164 Å². The van der Waals surface area contributed by atoms with Gasteiger partial charge in [-0.05, 0) is 11.5 Å². The van der Waals surface area contributed by atoms with Gasteiger partial charge in [0.2, 0.25) is 0 Å². The molecule has 1 aliphatic rings. The smallest absolute Gasteiger partial charge is 0.0344 e. The molecular formula is C19H18Cl2NPZr. The van der Waals surface area contributed by atoms with Crippen molar-refractivity contribution in [1.82, 2.24) is 4.57 Å². The van der Waals surface area contributed by atoms with Gasteiger partial charge in [-0.25, -0.2) is 12.2 Å². The third-order valence-electron chi connectivity index (χ3n) is 3.47. The Morgan fingerprint density at radius 1 is 1.25 bits per heavy atom. The van der Waals surface area contributed by atoms with Crippen LogP contribution in [0.2, 0.25) is 0 Å². The van der Waals surface area contributed by atoms with Crippen molar-refractivity contribution in [1.29, 1.82) is 0 Å². The number of halogens is 2. The Hall–Kier alpha value is -0.517. The molecule has 0 spiro atoms. The molecule has 1 heterocycles. The largest absolute Gasteiger partial charge is 0.338 e. The first-order valence-corrected chi connectivity index (χ1v) is 14.8. The van der Waals surface area contributed by atoms with Crippen molar-refractivity contribution >= 4 is 36.0 Å². The average Bonchev–Trinajstić information content (AvgIpc) is 3.27. The molecular weight excluding hydrogens is 435 g/mol. The third-order valence-corrected chi connectivity index (χ3v) is 4.16. The van der Waals surface area contributed by atoms with Gasteiger partial charge in [0.15, 0.2) is 0 Å². The van der Waals surface area contributed by atoms with Crippen molar-refractivity contribution < 1.29 is 20.8 Å². The van der Waals surface area contributed by atoms with Crippen LogP contribution in [-0.2, 0) is 20.8 Å². The fourth-order valence-corrected chi connectivity index (χ4v) is 2.95. The number of aromatic nitrogens is 1. The van der Waals surface area contributed by atoms with Gasteiger partial charge in [-0.1, -0.05) is 33.5 Å². The first kappa shape index (κ1) is 19.8. The molecule has 3 aromatic rings. The van der Waals surface area contributed by atoms with Gasteiger partial charge < -0.3 is 4.57 Å². The zero-order valence-corrected chi connectivity index (χ0v) is 18.4. The van der Waals surface area contributed by atoms with Crippen LogP contribution in [0.4, 0.5) is 0 Å². The molecule has 1 aliphatic carbocycles. The van der Waals surface area contributed by atoms with E-state index in [1.807, 2.05) is 12.2 Å². The molecule has 0 saturated heterocycles. The van der Waals surface area contributed by atoms with Crippen LogP contribution in [0.5, 0.6) is 0 Å². The number of hydrogen-bond acceptors (Lipinski definition) is 0. The predicted octanol–water partition coefficient (Wildman–Crippen LogP) is 7.25. The quantitative estimate of drug-likeness (QED) is 0.342. The van der Waals surface area contributed by atoms with E-state index in [0.29, 0.717) is 0 Å².